The van der Waals surface area contributed by atoms with Crippen molar-refractivity contribution in [3.63, 3.8) is 0 Å². The average Bonchev–Trinajstić information content (AvgIpc) is 3.02. The molecule has 3 rings (SSSR count). The van der Waals surface area contributed by atoms with Crippen molar-refractivity contribution in [1.82, 2.24) is 0 Å². The van der Waals surface area contributed by atoms with E-state index in [2.05, 4.69) is 20.8 Å². The first-order valence-electron chi connectivity index (χ1n) is 8.29. The van der Waals surface area contributed by atoms with E-state index in [0.29, 0.717) is 11.5 Å². The van der Waals surface area contributed by atoms with Gasteiger partial charge in [-0.25, -0.2) is 0 Å². The molecule has 4 unspecified atom stereocenters. The van der Waals surface area contributed by atoms with Gasteiger partial charge in [-0.1, -0.05) is 66.7 Å². The fourth-order valence-electron chi connectivity index (χ4n) is 3.77. The van der Waals surface area contributed by atoms with Gasteiger partial charge in [0.2, 0.25) is 0 Å². The molecule has 0 aromatic carbocycles. The van der Waals surface area contributed by atoms with Gasteiger partial charge in [0.15, 0.2) is 0 Å². The smallest absolute Gasteiger partial charge is 0.00754 e. The summed E-state index contributed by atoms with van der Waals surface area (Å²) in [6.45, 7) is 11.1. The zero-order valence-electron chi connectivity index (χ0n) is 13.3. The zero-order valence-corrected chi connectivity index (χ0v) is 13.3. The molecule has 3 saturated carbocycles. The minimum Gasteiger partial charge on any atom is -0.327 e. The summed E-state index contributed by atoms with van der Waals surface area (Å²) in [7, 11) is 0. The Balaban J connectivity index is 0.000000163. The predicted octanol–water partition coefficient (Wildman–Crippen LogP) is 4.99. The van der Waals surface area contributed by atoms with Gasteiger partial charge in [0, 0.05) is 6.04 Å². The van der Waals surface area contributed by atoms with Gasteiger partial charge < -0.3 is 5.73 Å². The fourth-order valence-corrected chi connectivity index (χ4v) is 3.77. The molecule has 0 aromatic rings. The summed E-state index contributed by atoms with van der Waals surface area (Å²) in [6, 6.07) is 0.532. The molecule has 0 aliphatic heterocycles. The maximum absolute atomic E-state index is 5.90. The van der Waals surface area contributed by atoms with Crippen molar-refractivity contribution in [2.24, 2.45) is 28.9 Å². The van der Waals surface area contributed by atoms with Crippen LogP contribution in [0.25, 0.3) is 0 Å². The molecule has 0 spiro atoms. The number of fused-ring (bicyclic) bond motifs is 1. The Bertz CT molecular complexity index is 228. The van der Waals surface area contributed by atoms with Gasteiger partial charge in [-0.05, 0) is 36.0 Å². The molecule has 1 nitrogen and oxygen atoms in total. The Morgan fingerprint density at radius 1 is 1.00 bits per heavy atom. The third kappa shape index (κ3) is 3.73. The van der Waals surface area contributed by atoms with E-state index < -0.39 is 0 Å². The minimum absolute atomic E-state index is 0.532. The van der Waals surface area contributed by atoms with Crippen LogP contribution in [0.2, 0.25) is 0 Å². The minimum atomic E-state index is 0.532. The lowest BCUT2D eigenvalue weighted by molar-refractivity contribution is 0.385. The zero-order chi connectivity index (χ0) is 13.8. The van der Waals surface area contributed by atoms with Crippen LogP contribution < -0.4 is 5.73 Å². The molecule has 108 valence electrons. The average molecular weight is 253 g/mol. The molecule has 0 amide bonds. The van der Waals surface area contributed by atoms with Crippen LogP contribution in [0.1, 0.15) is 79.6 Å². The fraction of sp³-hybridized carbons (Fsp3) is 1.00. The second-order valence-corrected chi connectivity index (χ2v) is 6.86. The maximum atomic E-state index is 5.90. The van der Waals surface area contributed by atoms with Gasteiger partial charge in [-0.15, -0.1) is 0 Å². The molecule has 3 fully saturated rings. The summed E-state index contributed by atoms with van der Waals surface area (Å²) in [5.74, 6) is 2.80. The third-order valence-electron chi connectivity index (χ3n) is 5.51. The quantitative estimate of drug-likeness (QED) is 0.646. The number of hydrogen-bond donors (Lipinski definition) is 1. The summed E-state index contributed by atoms with van der Waals surface area (Å²) >= 11 is 0. The Hall–Kier alpha value is -0.0400. The molecule has 4 atom stereocenters. The lowest BCUT2D eigenvalue weighted by Gasteiger charge is -2.15. The van der Waals surface area contributed by atoms with E-state index in [1.807, 2.05) is 13.8 Å². The van der Waals surface area contributed by atoms with E-state index in [4.69, 9.17) is 5.73 Å². The molecule has 1 heteroatoms. The molecular formula is C17H35N. The second kappa shape index (κ2) is 6.93. The Labute approximate surface area is 115 Å². The Kier molecular flexibility index (Phi) is 6.17. The van der Waals surface area contributed by atoms with Crippen LogP contribution in [0.15, 0.2) is 0 Å². The maximum Gasteiger partial charge on any atom is 0.00754 e. The third-order valence-corrected chi connectivity index (χ3v) is 5.51. The Morgan fingerprint density at radius 2 is 1.56 bits per heavy atom. The van der Waals surface area contributed by atoms with Crippen LogP contribution in [0.5, 0.6) is 0 Å². The lowest BCUT2D eigenvalue weighted by atomic mass is 9.91. The summed E-state index contributed by atoms with van der Waals surface area (Å²) in [4.78, 5) is 0. The SMILES string of the molecule is CC.CC1CC(N)C2CC12C.CC1CCCCC1. The standard InChI is InChI=1S/C8H15N.C7H14.C2H6/c1-5-3-7(9)6-4-8(5,6)2;1-7-5-3-2-4-6-7;1-2/h5-7H,3-4,9H2,1-2H3;7H,2-6H2,1H3;1-2H3. The van der Waals surface area contributed by atoms with Gasteiger partial charge in [-0.3, -0.25) is 0 Å². The normalized spacial score (nSPS) is 42.0. The number of rotatable bonds is 0. The highest BCUT2D eigenvalue weighted by Crippen LogP contribution is 2.65. The van der Waals surface area contributed by atoms with Crippen LogP contribution in [0.3, 0.4) is 0 Å². The van der Waals surface area contributed by atoms with Crippen molar-refractivity contribution >= 4 is 0 Å². The molecule has 0 heterocycles. The first kappa shape index (κ1) is 16.0. The molecule has 0 radical (unpaired) electrons. The number of hydrogen-bond acceptors (Lipinski definition) is 1. The van der Waals surface area contributed by atoms with Crippen LogP contribution in [-0.2, 0) is 0 Å². The highest BCUT2D eigenvalue weighted by Gasteiger charge is 2.60. The van der Waals surface area contributed by atoms with E-state index in [1.54, 1.807) is 0 Å². The van der Waals surface area contributed by atoms with Crippen LogP contribution in [-0.4, -0.2) is 6.04 Å². The molecule has 2 N–H and O–H groups in total. The molecule has 0 bridgehead atoms. The topological polar surface area (TPSA) is 26.0 Å². The van der Waals surface area contributed by atoms with E-state index in [-0.39, 0.29) is 0 Å². The van der Waals surface area contributed by atoms with E-state index >= 15 is 0 Å². The summed E-state index contributed by atoms with van der Waals surface area (Å²) in [5, 5.41) is 0. The van der Waals surface area contributed by atoms with Gasteiger partial charge in [0.1, 0.15) is 0 Å². The van der Waals surface area contributed by atoms with Gasteiger partial charge >= 0.3 is 0 Å². The van der Waals surface area contributed by atoms with E-state index in [0.717, 1.165) is 17.8 Å². The first-order chi connectivity index (χ1) is 8.54. The molecule has 0 saturated heterocycles. The summed E-state index contributed by atoms with van der Waals surface area (Å²) < 4.78 is 0. The largest absolute Gasteiger partial charge is 0.327 e. The molecular weight excluding hydrogens is 218 g/mol. The Morgan fingerprint density at radius 3 is 1.72 bits per heavy atom. The highest BCUT2D eigenvalue weighted by atomic mass is 14.8. The number of nitrogens with two attached hydrogens (primary N) is 1. The molecule has 18 heavy (non-hydrogen) atoms. The summed E-state index contributed by atoms with van der Waals surface area (Å²) in [6.07, 6.45) is 10.1. The molecule has 3 aliphatic carbocycles. The van der Waals surface area contributed by atoms with E-state index in [1.165, 1.54) is 44.9 Å². The summed E-state index contributed by atoms with van der Waals surface area (Å²) in [5.41, 5.74) is 6.56. The predicted molar refractivity (Wildman–Crippen MR) is 81.6 cm³/mol. The highest BCUT2D eigenvalue weighted by molar-refractivity contribution is 5.12. The van der Waals surface area contributed by atoms with Gasteiger partial charge in [0.25, 0.3) is 0 Å². The second-order valence-electron chi connectivity index (χ2n) is 6.86. The monoisotopic (exact) mass is 253 g/mol. The van der Waals surface area contributed by atoms with Crippen molar-refractivity contribution in [1.29, 1.82) is 0 Å². The van der Waals surface area contributed by atoms with Crippen LogP contribution >= 0.6 is 0 Å². The van der Waals surface area contributed by atoms with Crippen LogP contribution in [0, 0.1) is 23.2 Å². The van der Waals surface area contributed by atoms with Crippen molar-refractivity contribution < 1.29 is 0 Å². The first-order valence-corrected chi connectivity index (χ1v) is 8.29. The van der Waals surface area contributed by atoms with Crippen molar-refractivity contribution in [3.05, 3.63) is 0 Å². The van der Waals surface area contributed by atoms with E-state index in [9.17, 15) is 0 Å². The molecule has 0 aromatic heterocycles. The lowest BCUT2D eigenvalue weighted by Crippen LogP contribution is -2.19. The van der Waals surface area contributed by atoms with Crippen LogP contribution in [0.4, 0.5) is 0 Å². The van der Waals surface area contributed by atoms with Gasteiger partial charge in [0.05, 0.1) is 0 Å². The van der Waals surface area contributed by atoms with Crippen molar-refractivity contribution in [2.75, 3.05) is 0 Å². The molecule has 3 aliphatic rings. The van der Waals surface area contributed by atoms with Crippen molar-refractivity contribution in [2.45, 2.75) is 85.6 Å². The van der Waals surface area contributed by atoms with Gasteiger partial charge in [-0.2, -0.15) is 0 Å². The van der Waals surface area contributed by atoms with Crippen molar-refractivity contribution in [3.8, 4) is 0 Å².